The summed E-state index contributed by atoms with van der Waals surface area (Å²) in [6.45, 7) is 4.28. The van der Waals surface area contributed by atoms with Crippen LogP contribution in [-0.2, 0) is 16.6 Å². The number of hydrogen-bond donors (Lipinski definition) is 0. The van der Waals surface area contributed by atoms with Crippen molar-refractivity contribution in [2.45, 2.75) is 44.6 Å². The Bertz CT molecular complexity index is 1190. The smallest absolute Gasteiger partial charge is 0.254 e. The minimum Gasteiger partial charge on any atom is -0.254 e. The van der Waals surface area contributed by atoms with Gasteiger partial charge in [0.15, 0.2) is 0 Å². The van der Waals surface area contributed by atoms with Gasteiger partial charge in [-0.05, 0) is 55.5 Å². The van der Waals surface area contributed by atoms with Gasteiger partial charge in [0.25, 0.3) is 10.0 Å². The molecule has 0 atom stereocenters. The first-order valence-electron chi connectivity index (χ1n) is 10.9. The molecule has 4 heteroatoms. The van der Waals surface area contributed by atoms with Crippen LogP contribution in [0.4, 0.5) is 0 Å². The summed E-state index contributed by atoms with van der Waals surface area (Å²) >= 11 is 0. The standard InChI is InChI=1S/C28H29NO2S/c1-3-4-7-16-27(20-19-25-12-8-5-9-13-25)29(23-26-14-10-6-11-15-26)32(30,31)28-21-17-24(2)18-22-28/h5-6,8-18,21-22H,3-4,7,23H2,1-2H3/b27-16-. The molecule has 0 aliphatic carbocycles. The highest BCUT2D eigenvalue weighted by molar-refractivity contribution is 7.89. The Morgan fingerprint density at radius 3 is 2.16 bits per heavy atom. The van der Waals surface area contributed by atoms with Crippen LogP contribution in [-0.4, -0.2) is 12.7 Å². The molecule has 0 aliphatic heterocycles. The molecular formula is C28H29NO2S. The van der Waals surface area contributed by atoms with Gasteiger partial charge in [-0.3, -0.25) is 4.31 Å². The van der Waals surface area contributed by atoms with Crippen molar-refractivity contribution in [1.29, 1.82) is 0 Å². The Morgan fingerprint density at radius 2 is 1.53 bits per heavy atom. The first kappa shape index (κ1) is 23.4. The third-order valence-electron chi connectivity index (χ3n) is 5.05. The number of sulfonamides is 1. The molecule has 3 rings (SSSR count). The third-order valence-corrected chi connectivity index (χ3v) is 6.82. The molecular weight excluding hydrogens is 414 g/mol. The van der Waals surface area contributed by atoms with Crippen molar-refractivity contribution in [3.63, 3.8) is 0 Å². The zero-order chi connectivity index (χ0) is 22.8. The highest BCUT2D eigenvalue weighted by Gasteiger charge is 2.26. The Morgan fingerprint density at radius 1 is 0.906 bits per heavy atom. The largest absolute Gasteiger partial charge is 0.265 e. The fourth-order valence-electron chi connectivity index (χ4n) is 3.20. The number of benzene rings is 3. The van der Waals surface area contributed by atoms with Gasteiger partial charge in [0.1, 0.15) is 0 Å². The van der Waals surface area contributed by atoms with Crippen LogP contribution in [0.2, 0.25) is 0 Å². The number of aryl methyl sites for hydroxylation is 1. The van der Waals surface area contributed by atoms with E-state index in [1.54, 1.807) is 12.1 Å². The molecule has 164 valence electrons. The highest BCUT2D eigenvalue weighted by Crippen LogP contribution is 2.24. The van der Waals surface area contributed by atoms with Crippen molar-refractivity contribution >= 4 is 10.0 Å². The average molecular weight is 444 g/mol. The van der Waals surface area contributed by atoms with E-state index in [1.807, 2.05) is 85.8 Å². The Labute approximate surface area is 192 Å². The molecule has 0 radical (unpaired) electrons. The topological polar surface area (TPSA) is 37.4 Å². The fourth-order valence-corrected chi connectivity index (χ4v) is 4.63. The van der Waals surface area contributed by atoms with Gasteiger partial charge in [-0.15, -0.1) is 0 Å². The lowest BCUT2D eigenvalue weighted by Crippen LogP contribution is -2.30. The molecule has 0 bridgehead atoms. The molecule has 0 fully saturated rings. The van der Waals surface area contributed by atoms with Crippen molar-refractivity contribution in [3.8, 4) is 11.8 Å². The number of hydrogen-bond acceptors (Lipinski definition) is 2. The van der Waals surface area contributed by atoms with Gasteiger partial charge >= 0.3 is 0 Å². The Hall–Kier alpha value is -3.29. The summed E-state index contributed by atoms with van der Waals surface area (Å²) < 4.78 is 28.9. The van der Waals surface area contributed by atoms with E-state index in [0.29, 0.717) is 5.70 Å². The first-order chi connectivity index (χ1) is 15.5. The molecule has 0 saturated heterocycles. The zero-order valence-corrected chi connectivity index (χ0v) is 19.5. The molecule has 0 unspecified atom stereocenters. The molecule has 3 aromatic rings. The number of unbranched alkanes of at least 4 members (excludes halogenated alkanes) is 2. The summed E-state index contributed by atoms with van der Waals surface area (Å²) in [7, 11) is -3.79. The molecule has 0 heterocycles. The number of allylic oxidation sites excluding steroid dienone is 2. The second-order valence-electron chi connectivity index (χ2n) is 7.66. The number of nitrogens with zero attached hydrogens (tertiary/aromatic N) is 1. The first-order valence-corrected chi connectivity index (χ1v) is 12.4. The van der Waals surface area contributed by atoms with Crippen molar-refractivity contribution in [2.75, 3.05) is 0 Å². The van der Waals surface area contributed by atoms with E-state index < -0.39 is 10.0 Å². The van der Waals surface area contributed by atoms with Crippen molar-refractivity contribution < 1.29 is 8.42 Å². The maximum absolute atomic E-state index is 13.8. The highest BCUT2D eigenvalue weighted by atomic mass is 32.2. The van der Waals surface area contributed by atoms with Crippen LogP contribution in [0.25, 0.3) is 0 Å². The predicted octanol–water partition coefficient (Wildman–Crippen LogP) is 6.31. The minimum absolute atomic E-state index is 0.221. The molecule has 0 spiro atoms. The maximum Gasteiger partial charge on any atom is 0.265 e. The molecule has 3 nitrogen and oxygen atoms in total. The average Bonchev–Trinajstić information content (AvgIpc) is 2.81. The number of rotatable bonds is 8. The van der Waals surface area contributed by atoms with E-state index in [9.17, 15) is 8.42 Å². The third kappa shape index (κ3) is 6.35. The van der Waals surface area contributed by atoms with Crippen LogP contribution in [0.5, 0.6) is 0 Å². The van der Waals surface area contributed by atoms with E-state index in [0.717, 1.165) is 36.0 Å². The van der Waals surface area contributed by atoms with Gasteiger partial charge in [-0.25, -0.2) is 8.42 Å². The summed E-state index contributed by atoms with van der Waals surface area (Å²) in [4.78, 5) is 0.266. The monoisotopic (exact) mass is 443 g/mol. The van der Waals surface area contributed by atoms with Crippen LogP contribution in [0.15, 0.2) is 102 Å². The van der Waals surface area contributed by atoms with Crippen LogP contribution >= 0.6 is 0 Å². The zero-order valence-electron chi connectivity index (χ0n) is 18.7. The van der Waals surface area contributed by atoms with Crippen LogP contribution in [0.1, 0.15) is 42.9 Å². The summed E-state index contributed by atoms with van der Waals surface area (Å²) in [5.74, 6) is 6.31. The molecule has 32 heavy (non-hydrogen) atoms. The predicted molar refractivity (Wildman–Crippen MR) is 131 cm³/mol. The lowest BCUT2D eigenvalue weighted by molar-refractivity contribution is 0.481. The van der Waals surface area contributed by atoms with E-state index in [4.69, 9.17) is 0 Å². The van der Waals surface area contributed by atoms with Crippen LogP contribution < -0.4 is 0 Å². The van der Waals surface area contributed by atoms with Gasteiger partial charge in [-0.2, -0.15) is 0 Å². The van der Waals surface area contributed by atoms with E-state index in [1.165, 1.54) is 4.31 Å². The molecule has 3 aromatic carbocycles. The second kappa shape index (κ2) is 11.4. The van der Waals surface area contributed by atoms with Gasteiger partial charge in [0.05, 0.1) is 17.1 Å². The Kier molecular flexibility index (Phi) is 8.30. The maximum atomic E-state index is 13.8. The van der Waals surface area contributed by atoms with Crippen LogP contribution in [0.3, 0.4) is 0 Å². The SMILES string of the molecule is CCCC/C=C(/C#Cc1ccccc1)N(Cc1ccccc1)S(=O)(=O)c1ccc(C)cc1. The van der Waals surface area contributed by atoms with Gasteiger partial charge in [0.2, 0.25) is 0 Å². The van der Waals surface area contributed by atoms with Crippen molar-refractivity contribution in [3.05, 3.63) is 113 Å². The summed E-state index contributed by atoms with van der Waals surface area (Å²) in [6, 6.07) is 26.2. The van der Waals surface area contributed by atoms with Gasteiger partial charge in [0, 0.05) is 5.56 Å². The minimum atomic E-state index is -3.79. The molecule has 0 N–H and O–H groups in total. The fraction of sp³-hybridized carbons (Fsp3) is 0.214. The quantitative estimate of drug-likeness (QED) is 0.302. The molecule has 0 amide bonds. The van der Waals surface area contributed by atoms with Crippen molar-refractivity contribution in [1.82, 2.24) is 4.31 Å². The van der Waals surface area contributed by atoms with E-state index >= 15 is 0 Å². The normalized spacial score (nSPS) is 11.5. The van der Waals surface area contributed by atoms with Gasteiger partial charge < -0.3 is 0 Å². The lowest BCUT2D eigenvalue weighted by Gasteiger charge is -2.25. The molecule has 0 aliphatic rings. The van der Waals surface area contributed by atoms with Crippen LogP contribution in [0, 0.1) is 18.8 Å². The summed E-state index contributed by atoms with van der Waals surface area (Å²) in [5.41, 5.74) is 3.28. The molecule has 0 aromatic heterocycles. The van der Waals surface area contributed by atoms with E-state index in [2.05, 4.69) is 18.8 Å². The van der Waals surface area contributed by atoms with Gasteiger partial charge in [-0.1, -0.05) is 91.6 Å². The molecule has 0 saturated carbocycles. The Balaban J connectivity index is 2.09. The second-order valence-corrected chi connectivity index (χ2v) is 9.52. The summed E-state index contributed by atoms with van der Waals surface area (Å²) in [6.07, 6.45) is 4.72. The van der Waals surface area contributed by atoms with Crippen molar-refractivity contribution in [2.24, 2.45) is 0 Å². The van der Waals surface area contributed by atoms with E-state index in [-0.39, 0.29) is 11.4 Å². The summed E-state index contributed by atoms with van der Waals surface area (Å²) in [5, 5.41) is 0. The lowest BCUT2D eigenvalue weighted by atomic mass is 10.2.